The van der Waals surface area contributed by atoms with Crippen molar-refractivity contribution in [3.05, 3.63) is 54.0 Å². The van der Waals surface area contributed by atoms with E-state index in [1.807, 2.05) is 6.20 Å². The lowest BCUT2D eigenvalue weighted by Gasteiger charge is -1.98. The Balaban J connectivity index is 2.30. The lowest BCUT2D eigenvalue weighted by atomic mass is 10.2. The smallest absolute Gasteiger partial charge is 0.231 e. The van der Waals surface area contributed by atoms with E-state index in [0.717, 1.165) is 16.9 Å². The van der Waals surface area contributed by atoms with Gasteiger partial charge < -0.3 is 0 Å². The van der Waals surface area contributed by atoms with Crippen molar-refractivity contribution in [3.8, 4) is 5.69 Å². The summed E-state index contributed by atoms with van der Waals surface area (Å²) in [5, 5.41) is 0. The van der Waals surface area contributed by atoms with E-state index in [-0.39, 0.29) is 0 Å². The Bertz CT molecular complexity index is 726. The van der Waals surface area contributed by atoms with Gasteiger partial charge in [0, 0.05) is 6.20 Å². The largest absolute Gasteiger partial charge is 0.273 e. The van der Waals surface area contributed by atoms with Crippen LogP contribution in [0.25, 0.3) is 16.9 Å². The maximum absolute atomic E-state index is 4.55. The number of imidazole rings is 1. The van der Waals surface area contributed by atoms with Crippen LogP contribution in [0, 0.1) is 13.8 Å². The van der Waals surface area contributed by atoms with Gasteiger partial charge in [0.2, 0.25) is 0 Å². The van der Waals surface area contributed by atoms with E-state index in [1.165, 1.54) is 11.1 Å². The van der Waals surface area contributed by atoms with Gasteiger partial charge in [-0.2, -0.15) is 4.57 Å². The summed E-state index contributed by atoms with van der Waals surface area (Å²) < 4.78 is 4.24. The Hall–Kier alpha value is -2.16. The number of hydrogen-bond donors (Lipinski definition) is 0. The summed E-state index contributed by atoms with van der Waals surface area (Å²) in [4.78, 5) is 4.55. The molecule has 0 aliphatic carbocycles. The minimum Gasteiger partial charge on any atom is -0.231 e. The van der Waals surface area contributed by atoms with Crippen LogP contribution in [0.4, 0.5) is 0 Å². The third-order valence-corrected chi connectivity index (χ3v) is 3.16. The predicted molar refractivity (Wildman–Crippen MR) is 71.7 cm³/mol. The molecule has 0 N–H and O–H groups in total. The SMILES string of the molecule is Cc1cccc(-n2c[n+](C)c3cc(C)cnc32)c1. The number of aryl methyl sites for hydroxylation is 3. The number of hydrogen-bond acceptors (Lipinski definition) is 1. The van der Waals surface area contributed by atoms with Gasteiger partial charge in [-0.25, -0.2) is 9.55 Å². The summed E-state index contributed by atoms with van der Waals surface area (Å²) in [6, 6.07) is 10.6. The number of nitrogens with zero attached hydrogens (tertiary/aromatic N) is 3. The molecule has 0 atom stereocenters. The molecule has 0 aliphatic heterocycles. The Labute approximate surface area is 106 Å². The first-order valence-electron chi connectivity index (χ1n) is 6.05. The van der Waals surface area contributed by atoms with E-state index in [1.54, 1.807) is 0 Å². The number of fused-ring (bicyclic) bond motifs is 1. The molecule has 2 heterocycles. The van der Waals surface area contributed by atoms with Crippen LogP contribution in [0.15, 0.2) is 42.9 Å². The quantitative estimate of drug-likeness (QED) is 0.597. The predicted octanol–water partition coefficient (Wildman–Crippen LogP) is 2.47. The molecule has 0 saturated carbocycles. The summed E-state index contributed by atoms with van der Waals surface area (Å²) in [6.45, 7) is 4.17. The highest BCUT2D eigenvalue weighted by Gasteiger charge is 2.16. The lowest BCUT2D eigenvalue weighted by Crippen LogP contribution is -2.25. The minimum atomic E-state index is 0.994. The molecule has 3 nitrogen and oxygen atoms in total. The standard InChI is InChI=1S/C15H16N3/c1-11-5-4-6-13(7-11)18-10-17(3)14-8-12(2)9-16-15(14)18/h4-10H,1-3H3/q+1. The first kappa shape index (κ1) is 11.0. The van der Waals surface area contributed by atoms with E-state index < -0.39 is 0 Å². The highest BCUT2D eigenvalue weighted by atomic mass is 15.2. The van der Waals surface area contributed by atoms with E-state index in [2.05, 4.69) is 71.7 Å². The molecule has 0 aliphatic rings. The fourth-order valence-electron chi connectivity index (χ4n) is 2.25. The van der Waals surface area contributed by atoms with E-state index in [4.69, 9.17) is 0 Å². The average Bonchev–Trinajstić information content (AvgIpc) is 2.67. The second kappa shape index (κ2) is 3.95. The topological polar surface area (TPSA) is 21.7 Å². The molecule has 3 heteroatoms. The molecular weight excluding hydrogens is 222 g/mol. The number of benzene rings is 1. The van der Waals surface area contributed by atoms with Crippen LogP contribution in [0.5, 0.6) is 0 Å². The Morgan fingerprint density at radius 1 is 1.11 bits per heavy atom. The van der Waals surface area contributed by atoms with Crippen LogP contribution in [0.2, 0.25) is 0 Å². The Morgan fingerprint density at radius 2 is 1.94 bits per heavy atom. The van der Waals surface area contributed by atoms with Crippen molar-refractivity contribution < 1.29 is 4.57 Å². The summed E-state index contributed by atoms with van der Waals surface area (Å²) in [5.74, 6) is 0. The van der Waals surface area contributed by atoms with Gasteiger partial charge in [0.05, 0.1) is 7.05 Å². The molecule has 0 bridgehead atoms. The second-order valence-corrected chi connectivity index (χ2v) is 4.79. The maximum Gasteiger partial charge on any atom is 0.273 e. The number of pyridine rings is 1. The van der Waals surface area contributed by atoms with Gasteiger partial charge in [-0.15, -0.1) is 0 Å². The molecule has 0 radical (unpaired) electrons. The molecule has 0 saturated heterocycles. The van der Waals surface area contributed by atoms with E-state index >= 15 is 0 Å². The fraction of sp³-hybridized carbons (Fsp3) is 0.200. The normalized spacial score (nSPS) is 11.1. The molecule has 3 rings (SSSR count). The zero-order chi connectivity index (χ0) is 12.7. The minimum absolute atomic E-state index is 0.994. The van der Waals surface area contributed by atoms with Crippen molar-refractivity contribution in [2.24, 2.45) is 7.05 Å². The summed E-state index contributed by atoms with van der Waals surface area (Å²) in [7, 11) is 2.05. The zero-order valence-electron chi connectivity index (χ0n) is 10.9. The third-order valence-electron chi connectivity index (χ3n) is 3.16. The van der Waals surface area contributed by atoms with Crippen LogP contribution < -0.4 is 4.57 Å². The van der Waals surface area contributed by atoms with Crippen LogP contribution in [0.3, 0.4) is 0 Å². The lowest BCUT2D eigenvalue weighted by molar-refractivity contribution is -0.645. The molecule has 3 aromatic rings. The van der Waals surface area contributed by atoms with Crippen LogP contribution in [-0.4, -0.2) is 9.55 Å². The van der Waals surface area contributed by atoms with Crippen LogP contribution in [0.1, 0.15) is 11.1 Å². The number of rotatable bonds is 1. The summed E-state index contributed by atoms with van der Waals surface area (Å²) in [6.07, 6.45) is 3.99. The van der Waals surface area contributed by atoms with Gasteiger partial charge in [0.15, 0.2) is 5.52 Å². The average molecular weight is 238 g/mol. The van der Waals surface area contributed by atoms with Gasteiger partial charge >= 0.3 is 0 Å². The van der Waals surface area contributed by atoms with Crippen molar-refractivity contribution in [2.45, 2.75) is 13.8 Å². The molecule has 90 valence electrons. The molecule has 0 unspecified atom stereocenters. The molecule has 0 spiro atoms. The molecule has 2 aromatic heterocycles. The van der Waals surface area contributed by atoms with Gasteiger partial charge in [-0.1, -0.05) is 12.1 Å². The zero-order valence-corrected chi connectivity index (χ0v) is 10.9. The molecule has 0 amide bonds. The van der Waals surface area contributed by atoms with Crippen LogP contribution >= 0.6 is 0 Å². The van der Waals surface area contributed by atoms with Gasteiger partial charge in [-0.3, -0.25) is 0 Å². The first-order valence-corrected chi connectivity index (χ1v) is 6.05. The first-order chi connectivity index (χ1) is 8.65. The molecule has 18 heavy (non-hydrogen) atoms. The molecular formula is C15H16N3+. The second-order valence-electron chi connectivity index (χ2n) is 4.79. The van der Waals surface area contributed by atoms with Crippen molar-refractivity contribution in [3.63, 3.8) is 0 Å². The number of aromatic nitrogens is 3. The summed E-state index contributed by atoms with van der Waals surface area (Å²) >= 11 is 0. The Kier molecular flexibility index (Phi) is 2.40. The van der Waals surface area contributed by atoms with Crippen LogP contribution in [-0.2, 0) is 7.05 Å². The van der Waals surface area contributed by atoms with Crippen molar-refractivity contribution >= 4 is 11.2 Å². The highest BCUT2D eigenvalue weighted by Crippen LogP contribution is 2.16. The van der Waals surface area contributed by atoms with Gasteiger partial charge in [-0.05, 0) is 43.2 Å². The van der Waals surface area contributed by atoms with E-state index in [9.17, 15) is 0 Å². The monoisotopic (exact) mass is 238 g/mol. The van der Waals surface area contributed by atoms with Crippen molar-refractivity contribution in [2.75, 3.05) is 0 Å². The van der Waals surface area contributed by atoms with Crippen molar-refractivity contribution in [1.82, 2.24) is 9.55 Å². The molecule has 0 fully saturated rings. The maximum atomic E-state index is 4.55. The Morgan fingerprint density at radius 3 is 2.72 bits per heavy atom. The fourth-order valence-corrected chi connectivity index (χ4v) is 2.25. The highest BCUT2D eigenvalue weighted by molar-refractivity contribution is 5.70. The van der Waals surface area contributed by atoms with Gasteiger partial charge in [0.25, 0.3) is 12.0 Å². The van der Waals surface area contributed by atoms with E-state index in [0.29, 0.717) is 0 Å². The van der Waals surface area contributed by atoms with Gasteiger partial charge in [0.1, 0.15) is 5.69 Å². The summed E-state index contributed by atoms with van der Waals surface area (Å²) in [5.41, 5.74) is 5.73. The third kappa shape index (κ3) is 1.68. The van der Waals surface area contributed by atoms with Crippen molar-refractivity contribution in [1.29, 1.82) is 0 Å². The molecule has 1 aromatic carbocycles.